The zero-order chi connectivity index (χ0) is 28.6. The summed E-state index contributed by atoms with van der Waals surface area (Å²) in [4.78, 5) is 28.0. The SMILES string of the molecule is CCCNC(=O)[C@@H](CC)N(Cc1c(Cl)cccc1Cl)C(=O)CCCN(c1ccc2c(c1)OCCO2)S(C)(=O)=O. The number of nitrogens with one attached hydrogen (secondary N) is 1. The van der Waals surface area contributed by atoms with E-state index < -0.39 is 16.1 Å². The van der Waals surface area contributed by atoms with Crippen molar-refractivity contribution in [3.05, 3.63) is 52.0 Å². The summed E-state index contributed by atoms with van der Waals surface area (Å²) in [5.41, 5.74) is 0.962. The molecule has 0 radical (unpaired) electrons. The second-order valence-electron chi connectivity index (χ2n) is 9.20. The molecule has 0 saturated carbocycles. The summed E-state index contributed by atoms with van der Waals surface area (Å²) in [6.07, 6.45) is 2.49. The van der Waals surface area contributed by atoms with Crippen LogP contribution in [0.5, 0.6) is 11.5 Å². The van der Waals surface area contributed by atoms with E-state index in [1.54, 1.807) is 36.4 Å². The Morgan fingerprint density at radius 3 is 2.33 bits per heavy atom. The molecule has 9 nitrogen and oxygen atoms in total. The molecule has 1 atom stereocenters. The number of benzene rings is 2. The van der Waals surface area contributed by atoms with Crippen molar-refractivity contribution in [2.75, 3.05) is 36.9 Å². The number of anilines is 1. The van der Waals surface area contributed by atoms with E-state index >= 15 is 0 Å². The van der Waals surface area contributed by atoms with E-state index in [-0.39, 0.29) is 37.7 Å². The lowest BCUT2D eigenvalue weighted by Gasteiger charge is -2.31. The second-order valence-corrected chi connectivity index (χ2v) is 11.9. The third-order valence-corrected chi connectivity index (χ3v) is 8.19. The Morgan fingerprint density at radius 1 is 1.05 bits per heavy atom. The lowest BCUT2D eigenvalue weighted by atomic mass is 10.1. The van der Waals surface area contributed by atoms with Crippen LogP contribution in [0.15, 0.2) is 36.4 Å². The molecule has 3 rings (SSSR count). The summed E-state index contributed by atoms with van der Waals surface area (Å²) in [6.45, 7) is 5.18. The first-order valence-corrected chi connectivity index (χ1v) is 15.5. The molecule has 1 aliphatic heterocycles. The van der Waals surface area contributed by atoms with Gasteiger partial charge in [-0.05, 0) is 43.5 Å². The van der Waals surface area contributed by atoms with Gasteiger partial charge in [0.2, 0.25) is 21.8 Å². The number of halogens is 2. The predicted octanol–water partition coefficient (Wildman–Crippen LogP) is 4.64. The number of hydrogen-bond acceptors (Lipinski definition) is 6. The van der Waals surface area contributed by atoms with Crippen LogP contribution in [-0.2, 0) is 26.2 Å². The van der Waals surface area contributed by atoms with Crippen LogP contribution in [0.3, 0.4) is 0 Å². The van der Waals surface area contributed by atoms with Gasteiger partial charge in [-0.25, -0.2) is 8.42 Å². The molecule has 0 bridgehead atoms. The molecule has 0 saturated heterocycles. The number of amides is 2. The first-order valence-electron chi connectivity index (χ1n) is 12.9. The van der Waals surface area contributed by atoms with Gasteiger partial charge in [-0.2, -0.15) is 0 Å². The van der Waals surface area contributed by atoms with Gasteiger partial charge in [0.25, 0.3) is 0 Å². The maximum absolute atomic E-state index is 13.6. The maximum atomic E-state index is 13.6. The van der Waals surface area contributed by atoms with Gasteiger partial charge in [0.15, 0.2) is 11.5 Å². The number of rotatable bonds is 13. The first-order chi connectivity index (χ1) is 18.6. The fraction of sp³-hybridized carbons (Fsp3) is 0.481. The molecular weight excluding hydrogens is 565 g/mol. The largest absolute Gasteiger partial charge is 0.486 e. The summed E-state index contributed by atoms with van der Waals surface area (Å²) in [6, 6.07) is 9.27. The molecule has 1 aliphatic rings. The zero-order valence-corrected chi connectivity index (χ0v) is 24.7. The monoisotopic (exact) mass is 599 g/mol. The first kappa shape index (κ1) is 30.8. The van der Waals surface area contributed by atoms with Crippen molar-refractivity contribution in [3.63, 3.8) is 0 Å². The van der Waals surface area contributed by atoms with Crippen molar-refractivity contribution in [3.8, 4) is 11.5 Å². The van der Waals surface area contributed by atoms with Crippen LogP contribution in [0.1, 0.15) is 45.1 Å². The molecule has 214 valence electrons. The highest BCUT2D eigenvalue weighted by atomic mass is 35.5. The Bertz CT molecular complexity index is 1250. The molecular formula is C27H35Cl2N3O6S. The topological polar surface area (TPSA) is 105 Å². The van der Waals surface area contributed by atoms with Gasteiger partial charge in [0.05, 0.1) is 11.9 Å². The van der Waals surface area contributed by atoms with Gasteiger partial charge in [0.1, 0.15) is 19.3 Å². The zero-order valence-electron chi connectivity index (χ0n) is 22.4. The van der Waals surface area contributed by atoms with Gasteiger partial charge in [-0.15, -0.1) is 0 Å². The minimum absolute atomic E-state index is 0.0101. The smallest absolute Gasteiger partial charge is 0.242 e. The molecule has 0 aliphatic carbocycles. The van der Waals surface area contributed by atoms with Crippen LogP contribution in [0, 0.1) is 0 Å². The van der Waals surface area contributed by atoms with E-state index in [0.29, 0.717) is 59.0 Å². The van der Waals surface area contributed by atoms with E-state index in [0.717, 1.165) is 12.7 Å². The molecule has 39 heavy (non-hydrogen) atoms. The Labute approximate surface area is 240 Å². The Balaban J connectivity index is 1.80. The molecule has 2 amide bonds. The number of ether oxygens (including phenoxy) is 2. The van der Waals surface area contributed by atoms with Gasteiger partial charge in [-0.3, -0.25) is 13.9 Å². The summed E-state index contributed by atoms with van der Waals surface area (Å²) in [7, 11) is -3.65. The second kappa shape index (κ2) is 14.1. The fourth-order valence-corrected chi connectivity index (χ4v) is 5.80. The normalized spacial score (nSPS) is 13.5. The molecule has 2 aromatic rings. The summed E-state index contributed by atoms with van der Waals surface area (Å²) in [5, 5.41) is 3.65. The van der Waals surface area contributed by atoms with Crippen molar-refractivity contribution in [2.45, 2.75) is 52.1 Å². The lowest BCUT2D eigenvalue weighted by Crippen LogP contribution is -2.49. The van der Waals surface area contributed by atoms with Crippen molar-refractivity contribution < 1.29 is 27.5 Å². The van der Waals surface area contributed by atoms with Crippen molar-refractivity contribution in [1.29, 1.82) is 0 Å². The minimum Gasteiger partial charge on any atom is -0.486 e. The lowest BCUT2D eigenvalue weighted by molar-refractivity contribution is -0.141. The van der Waals surface area contributed by atoms with Crippen LogP contribution < -0.4 is 19.1 Å². The van der Waals surface area contributed by atoms with E-state index in [4.69, 9.17) is 32.7 Å². The number of carbonyl (C=O) groups excluding carboxylic acids is 2. The maximum Gasteiger partial charge on any atom is 0.242 e. The average Bonchev–Trinajstić information content (AvgIpc) is 2.90. The molecule has 0 spiro atoms. The predicted molar refractivity (Wildman–Crippen MR) is 153 cm³/mol. The Hall–Kier alpha value is -2.69. The molecule has 1 heterocycles. The molecule has 2 aromatic carbocycles. The summed E-state index contributed by atoms with van der Waals surface area (Å²) in [5.74, 6) is 0.453. The number of fused-ring (bicyclic) bond motifs is 1. The number of sulfonamides is 1. The van der Waals surface area contributed by atoms with Crippen LogP contribution in [0.2, 0.25) is 10.0 Å². The van der Waals surface area contributed by atoms with Crippen molar-refractivity contribution in [2.24, 2.45) is 0 Å². The molecule has 0 fully saturated rings. The van der Waals surface area contributed by atoms with Gasteiger partial charge in [0, 0.05) is 47.7 Å². The average molecular weight is 601 g/mol. The highest BCUT2D eigenvalue weighted by Gasteiger charge is 2.30. The molecule has 0 aromatic heterocycles. The van der Waals surface area contributed by atoms with E-state index in [2.05, 4.69) is 5.32 Å². The van der Waals surface area contributed by atoms with Crippen LogP contribution in [0.25, 0.3) is 0 Å². The van der Waals surface area contributed by atoms with Gasteiger partial charge >= 0.3 is 0 Å². The van der Waals surface area contributed by atoms with Crippen LogP contribution >= 0.6 is 23.2 Å². The molecule has 12 heteroatoms. The van der Waals surface area contributed by atoms with E-state index in [1.807, 2.05) is 13.8 Å². The van der Waals surface area contributed by atoms with Crippen molar-refractivity contribution >= 4 is 50.7 Å². The fourth-order valence-electron chi connectivity index (χ4n) is 4.33. The number of hydrogen-bond donors (Lipinski definition) is 1. The highest BCUT2D eigenvalue weighted by molar-refractivity contribution is 7.92. The Morgan fingerprint density at radius 2 is 1.72 bits per heavy atom. The van der Waals surface area contributed by atoms with Crippen LogP contribution in [0.4, 0.5) is 5.69 Å². The standard InChI is InChI=1S/C27H35Cl2N3O6S/c1-4-13-30-27(34)23(5-2)31(18-20-21(28)8-6-9-22(20)29)26(33)10-7-14-32(39(3,35)36)19-11-12-24-25(17-19)38-16-15-37-24/h6,8-9,11-12,17,23H,4-5,7,10,13-16,18H2,1-3H3,(H,30,34)/t23-/m1/s1. The van der Waals surface area contributed by atoms with Gasteiger partial charge in [-0.1, -0.05) is 43.1 Å². The third-order valence-electron chi connectivity index (χ3n) is 6.29. The van der Waals surface area contributed by atoms with E-state index in [1.165, 1.54) is 9.21 Å². The van der Waals surface area contributed by atoms with Gasteiger partial charge < -0.3 is 19.7 Å². The quantitative estimate of drug-likeness (QED) is 0.359. The van der Waals surface area contributed by atoms with Crippen LogP contribution in [-0.4, -0.2) is 63.7 Å². The highest BCUT2D eigenvalue weighted by Crippen LogP contribution is 2.35. The number of nitrogens with zero attached hydrogens (tertiary/aromatic N) is 2. The number of carbonyl (C=O) groups is 2. The summed E-state index contributed by atoms with van der Waals surface area (Å²) < 4.78 is 37.7. The molecule has 1 N–H and O–H groups in total. The third kappa shape index (κ3) is 8.16. The Kier molecular flexibility index (Phi) is 11.1. The molecule has 0 unspecified atom stereocenters. The van der Waals surface area contributed by atoms with E-state index in [9.17, 15) is 18.0 Å². The van der Waals surface area contributed by atoms with Crippen molar-refractivity contribution in [1.82, 2.24) is 10.2 Å². The minimum atomic E-state index is -3.65. The summed E-state index contributed by atoms with van der Waals surface area (Å²) >= 11 is 12.8.